The minimum Gasteiger partial charge on any atom is -0.462 e. The quantitative estimate of drug-likeness (QED) is 0.377. The molecule has 0 unspecified atom stereocenters. The Morgan fingerprint density at radius 1 is 1.12 bits per heavy atom. The van der Waals surface area contributed by atoms with Crippen LogP contribution in [0, 0.1) is 27.6 Å². The SMILES string of the molecule is CCOC(=O)c1cc(C(=O)Nc2ccc(F)c(F)c2F)cc([N+](=O)[O-])c1. The molecule has 0 fully saturated rings. The van der Waals surface area contributed by atoms with Gasteiger partial charge >= 0.3 is 5.97 Å². The van der Waals surface area contributed by atoms with Crippen LogP contribution in [0.5, 0.6) is 0 Å². The van der Waals surface area contributed by atoms with Crippen molar-refractivity contribution in [3.8, 4) is 0 Å². The van der Waals surface area contributed by atoms with Gasteiger partial charge in [0, 0.05) is 17.7 Å². The number of anilines is 1. The summed E-state index contributed by atoms with van der Waals surface area (Å²) in [5.74, 6) is -6.82. The highest BCUT2D eigenvalue weighted by atomic mass is 19.2. The summed E-state index contributed by atoms with van der Waals surface area (Å²) in [4.78, 5) is 34.1. The van der Waals surface area contributed by atoms with Crippen LogP contribution in [0.2, 0.25) is 0 Å². The van der Waals surface area contributed by atoms with E-state index in [0.717, 1.165) is 24.3 Å². The molecule has 0 atom stereocenters. The Morgan fingerprint density at radius 2 is 1.77 bits per heavy atom. The molecule has 10 heteroatoms. The van der Waals surface area contributed by atoms with Crippen LogP contribution in [-0.4, -0.2) is 23.4 Å². The van der Waals surface area contributed by atoms with Gasteiger partial charge in [-0.15, -0.1) is 0 Å². The smallest absolute Gasteiger partial charge is 0.338 e. The molecule has 2 aromatic rings. The van der Waals surface area contributed by atoms with Gasteiger partial charge in [-0.3, -0.25) is 14.9 Å². The first kappa shape index (κ1) is 18.9. The van der Waals surface area contributed by atoms with Gasteiger partial charge in [0.25, 0.3) is 11.6 Å². The number of ether oxygens (including phenoxy) is 1. The van der Waals surface area contributed by atoms with Gasteiger partial charge in [0.15, 0.2) is 17.5 Å². The average Bonchev–Trinajstić information content (AvgIpc) is 2.61. The summed E-state index contributed by atoms with van der Waals surface area (Å²) in [6.07, 6.45) is 0. The second kappa shape index (κ2) is 7.64. The molecule has 0 bridgehead atoms. The number of carbonyl (C=O) groups excluding carboxylic acids is 2. The summed E-state index contributed by atoms with van der Waals surface area (Å²) in [7, 11) is 0. The number of nitrogens with one attached hydrogen (secondary N) is 1. The third-order valence-corrected chi connectivity index (χ3v) is 3.19. The molecule has 0 aromatic heterocycles. The van der Waals surface area contributed by atoms with Gasteiger partial charge in [0.1, 0.15) is 0 Å². The Hall–Kier alpha value is -3.43. The first-order valence-electron chi connectivity index (χ1n) is 7.16. The molecule has 0 saturated heterocycles. The molecule has 2 aromatic carbocycles. The van der Waals surface area contributed by atoms with E-state index in [-0.39, 0.29) is 17.7 Å². The number of benzene rings is 2. The average molecular weight is 368 g/mol. The molecule has 0 radical (unpaired) electrons. The van der Waals surface area contributed by atoms with Gasteiger partial charge in [-0.05, 0) is 25.1 Å². The molecular weight excluding hydrogens is 357 g/mol. The molecule has 0 heterocycles. The van der Waals surface area contributed by atoms with Crippen molar-refractivity contribution in [1.82, 2.24) is 0 Å². The van der Waals surface area contributed by atoms with E-state index in [1.54, 1.807) is 0 Å². The van der Waals surface area contributed by atoms with E-state index in [0.29, 0.717) is 6.07 Å². The predicted octanol–water partition coefficient (Wildman–Crippen LogP) is 3.44. The first-order chi connectivity index (χ1) is 12.2. The Balaban J connectivity index is 2.40. The number of hydrogen-bond donors (Lipinski definition) is 1. The topological polar surface area (TPSA) is 98.5 Å². The Bertz CT molecular complexity index is 902. The molecule has 1 amide bonds. The maximum atomic E-state index is 13.6. The van der Waals surface area contributed by atoms with Gasteiger partial charge in [-0.1, -0.05) is 0 Å². The van der Waals surface area contributed by atoms with Crippen molar-refractivity contribution in [3.05, 3.63) is 69.0 Å². The van der Waals surface area contributed by atoms with E-state index in [1.165, 1.54) is 6.92 Å². The number of esters is 1. The van der Waals surface area contributed by atoms with Gasteiger partial charge in [-0.25, -0.2) is 18.0 Å². The van der Waals surface area contributed by atoms with E-state index in [9.17, 15) is 32.9 Å². The number of nitro groups is 1. The number of nitro benzene ring substituents is 1. The number of non-ortho nitro benzene ring substituents is 1. The molecule has 26 heavy (non-hydrogen) atoms. The summed E-state index contributed by atoms with van der Waals surface area (Å²) in [5.41, 5.74) is -1.88. The largest absolute Gasteiger partial charge is 0.462 e. The predicted molar refractivity (Wildman–Crippen MR) is 83.3 cm³/mol. The van der Waals surface area contributed by atoms with E-state index in [4.69, 9.17) is 4.74 Å². The van der Waals surface area contributed by atoms with Crippen LogP contribution in [0.4, 0.5) is 24.5 Å². The highest BCUT2D eigenvalue weighted by Gasteiger charge is 2.21. The third-order valence-electron chi connectivity index (χ3n) is 3.19. The van der Waals surface area contributed by atoms with Crippen molar-refractivity contribution in [1.29, 1.82) is 0 Å². The Kier molecular flexibility index (Phi) is 5.55. The lowest BCUT2D eigenvalue weighted by atomic mass is 10.1. The molecule has 0 saturated carbocycles. The van der Waals surface area contributed by atoms with Crippen LogP contribution in [0.25, 0.3) is 0 Å². The van der Waals surface area contributed by atoms with Crippen LogP contribution >= 0.6 is 0 Å². The lowest BCUT2D eigenvalue weighted by molar-refractivity contribution is -0.384. The second-order valence-corrected chi connectivity index (χ2v) is 4.92. The number of rotatable bonds is 5. The van der Waals surface area contributed by atoms with Gasteiger partial charge < -0.3 is 10.1 Å². The van der Waals surface area contributed by atoms with Crippen molar-refractivity contribution in [2.45, 2.75) is 6.92 Å². The molecule has 0 aliphatic heterocycles. The highest BCUT2D eigenvalue weighted by molar-refractivity contribution is 6.06. The maximum Gasteiger partial charge on any atom is 0.338 e. The lowest BCUT2D eigenvalue weighted by Crippen LogP contribution is -2.15. The minimum atomic E-state index is -1.78. The van der Waals surface area contributed by atoms with Crippen molar-refractivity contribution in [2.24, 2.45) is 0 Å². The summed E-state index contributed by atoms with van der Waals surface area (Å²) in [6.45, 7) is 1.53. The summed E-state index contributed by atoms with van der Waals surface area (Å²) < 4.78 is 44.5. The molecule has 2 rings (SSSR count). The van der Waals surface area contributed by atoms with E-state index in [2.05, 4.69) is 0 Å². The summed E-state index contributed by atoms with van der Waals surface area (Å²) in [5, 5.41) is 12.9. The Labute approximate surface area is 144 Å². The molecule has 136 valence electrons. The van der Waals surface area contributed by atoms with E-state index < -0.39 is 45.6 Å². The van der Waals surface area contributed by atoms with Crippen molar-refractivity contribution >= 4 is 23.3 Å². The molecule has 1 N–H and O–H groups in total. The third kappa shape index (κ3) is 3.97. The van der Waals surface area contributed by atoms with Crippen molar-refractivity contribution in [3.63, 3.8) is 0 Å². The standard InChI is InChI=1S/C16H11F3N2O5/c1-2-26-16(23)9-5-8(6-10(7-9)21(24)25)15(22)20-12-4-3-11(17)13(18)14(12)19/h3-7H,2H2,1H3,(H,20,22). The fraction of sp³-hybridized carbons (Fsp3) is 0.125. The monoisotopic (exact) mass is 368 g/mol. The van der Waals surface area contributed by atoms with Gasteiger partial charge in [0.05, 0.1) is 22.8 Å². The maximum absolute atomic E-state index is 13.6. The van der Waals surface area contributed by atoms with Gasteiger partial charge in [-0.2, -0.15) is 0 Å². The zero-order valence-electron chi connectivity index (χ0n) is 13.2. The molecular formula is C16H11F3N2O5. The Morgan fingerprint density at radius 3 is 2.38 bits per heavy atom. The van der Waals surface area contributed by atoms with Crippen LogP contribution in [-0.2, 0) is 4.74 Å². The number of nitrogens with zero attached hydrogens (tertiary/aromatic N) is 1. The number of halogens is 3. The van der Waals surface area contributed by atoms with E-state index >= 15 is 0 Å². The van der Waals surface area contributed by atoms with Gasteiger partial charge in [0.2, 0.25) is 0 Å². The molecule has 0 aliphatic carbocycles. The molecule has 0 aliphatic rings. The number of amides is 1. The van der Waals surface area contributed by atoms with E-state index in [1.807, 2.05) is 5.32 Å². The van der Waals surface area contributed by atoms with Crippen molar-refractivity contribution in [2.75, 3.05) is 11.9 Å². The minimum absolute atomic E-state index is 0.00310. The molecule has 0 spiro atoms. The number of carbonyl (C=O) groups is 2. The summed E-state index contributed by atoms with van der Waals surface area (Å²) >= 11 is 0. The second-order valence-electron chi connectivity index (χ2n) is 4.92. The number of hydrogen-bond acceptors (Lipinski definition) is 5. The fourth-order valence-electron chi connectivity index (χ4n) is 2.00. The fourth-order valence-corrected chi connectivity index (χ4v) is 2.00. The highest BCUT2D eigenvalue weighted by Crippen LogP contribution is 2.22. The normalized spacial score (nSPS) is 10.3. The first-order valence-corrected chi connectivity index (χ1v) is 7.16. The van der Waals surface area contributed by atoms with Crippen molar-refractivity contribution < 1.29 is 32.4 Å². The molecule has 7 nitrogen and oxygen atoms in total. The van der Waals surface area contributed by atoms with Crippen LogP contribution < -0.4 is 5.32 Å². The lowest BCUT2D eigenvalue weighted by Gasteiger charge is -2.09. The van der Waals surface area contributed by atoms with Crippen LogP contribution in [0.15, 0.2) is 30.3 Å². The zero-order chi connectivity index (χ0) is 19.4. The summed E-state index contributed by atoms with van der Waals surface area (Å²) in [6, 6.07) is 4.14. The van der Waals surface area contributed by atoms with Crippen LogP contribution in [0.1, 0.15) is 27.6 Å². The zero-order valence-corrected chi connectivity index (χ0v) is 13.2. The van der Waals surface area contributed by atoms with Crippen LogP contribution in [0.3, 0.4) is 0 Å².